The minimum Gasteiger partial charge on any atom is -0.504 e. The third-order valence-corrected chi connectivity index (χ3v) is 4.70. The van der Waals surface area contributed by atoms with E-state index in [1.165, 1.54) is 34.5 Å². The minimum atomic E-state index is -0.0837. The van der Waals surface area contributed by atoms with Crippen molar-refractivity contribution in [2.45, 2.75) is 13.8 Å². The van der Waals surface area contributed by atoms with Gasteiger partial charge in [0.15, 0.2) is 23.0 Å². The maximum Gasteiger partial charge on any atom is 0.208 e. The number of ether oxygens (including phenoxy) is 4. The first-order valence-electron chi connectivity index (χ1n) is 7.61. The highest BCUT2D eigenvalue weighted by atomic mass is 79.9. The van der Waals surface area contributed by atoms with Crippen molar-refractivity contribution < 1.29 is 39.4 Å². The zero-order chi connectivity index (χ0) is 20.9. The van der Waals surface area contributed by atoms with Crippen molar-refractivity contribution in [3.63, 3.8) is 0 Å². The van der Waals surface area contributed by atoms with E-state index in [0.29, 0.717) is 15.6 Å². The van der Waals surface area contributed by atoms with E-state index in [-0.39, 0.29) is 46.0 Å². The summed E-state index contributed by atoms with van der Waals surface area (Å²) in [5, 5.41) is 38.2. The van der Waals surface area contributed by atoms with Crippen LogP contribution in [0, 0.1) is 13.8 Å². The van der Waals surface area contributed by atoms with E-state index in [9.17, 15) is 20.4 Å². The second-order valence-electron chi connectivity index (χ2n) is 5.33. The highest BCUT2D eigenvalue weighted by Crippen LogP contribution is 2.50. The normalized spacial score (nSPS) is 9.89. The van der Waals surface area contributed by atoms with Gasteiger partial charge >= 0.3 is 0 Å². The van der Waals surface area contributed by atoms with E-state index < -0.39 is 0 Å². The van der Waals surface area contributed by atoms with Crippen LogP contribution in [-0.4, -0.2) is 48.9 Å². The first kappa shape index (κ1) is 22.4. The van der Waals surface area contributed by atoms with Crippen LogP contribution < -0.4 is 18.9 Å². The zero-order valence-corrected chi connectivity index (χ0v) is 17.5. The molecule has 150 valence electrons. The number of phenols is 4. The summed E-state index contributed by atoms with van der Waals surface area (Å²) in [6.45, 7) is 3.32. The van der Waals surface area contributed by atoms with E-state index in [1.54, 1.807) is 13.8 Å². The Bertz CT molecular complexity index is 785. The lowest BCUT2D eigenvalue weighted by atomic mass is 10.2. The molecule has 0 amide bonds. The molecule has 0 saturated heterocycles. The average Bonchev–Trinajstić information content (AvgIpc) is 2.65. The number of aromatic hydroxyl groups is 4. The highest BCUT2D eigenvalue weighted by molar-refractivity contribution is 9.10. The smallest absolute Gasteiger partial charge is 0.208 e. The summed E-state index contributed by atoms with van der Waals surface area (Å²) >= 11 is 3.14. The predicted molar refractivity (Wildman–Crippen MR) is 103 cm³/mol. The molecular weight excluding hydrogens is 424 g/mol. The van der Waals surface area contributed by atoms with Crippen LogP contribution in [0.25, 0.3) is 0 Å². The fourth-order valence-corrected chi connectivity index (χ4v) is 2.64. The molecule has 27 heavy (non-hydrogen) atoms. The molecule has 0 saturated carbocycles. The number of halogens is 1. The molecule has 9 heteroatoms. The molecule has 2 aromatic rings. The van der Waals surface area contributed by atoms with Crippen LogP contribution in [0.4, 0.5) is 0 Å². The molecule has 0 bridgehead atoms. The zero-order valence-electron chi connectivity index (χ0n) is 15.9. The van der Waals surface area contributed by atoms with Gasteiger partial charge in [0.05, 0.1) is 32.9 Å². The Morgan fingerprint density at radius 1 is 0.667 bits per heavy atom. The quantitative estimate of drug-likeness (QED) is 0.526. The maximum absolute atomic E-state index is 9.67. The fraction of sp³-hybridized carbons (Fsp3) is 0.333. The standard InChI is InChI=1S/C9H11BrO4.C9H12O4/c1-4-5(10)7(12)9(14-3)8(13-2)6(4)11;1-5-4-6(10)8(12-2)9(13-3)7(5)11/h11-12H,1-3H3;4,10-11H,1-3H3. The largest absolute Gasteiger partial charge is 0.504 e. The Kier molecular flexibility index (Phi) is 7.71. The van der Waals surface area contributed by atoms with Crippen LogP contribution >= 0.6 is 15.9 Å². The highest BCUT2D eigenvalue weighted by Gasteiger charge is 2.21. The summed E-state index contributed by atoms with van der Waals surface area (Å²) in [6, 6.07) is 1.41. The molecule has 0 atom stereocenters. The molecule has 0 aliphatic rings. The summed E-state index contributed by atoms with van der Waals surface area (Å²) in [5.74, 6) is 0.347. The van der Waals surface area contributed by atoms with Crippen LogP contribution in [0.1, 0.15) is 11.1 Å². The van der Waals surface area contributed by atoms with Gasteiger partial charge in [-0.15, -0.1) is 0 Å². The third kappa shape index (κ3) is 4.36. The van der Waals surface area contributed by atoms with Gasteiger partial charge in [-0.2, -0.15) is 0 Å². The molecule has 0 aromatic heterocycles. The van der Waals surface area contributed by atoms with Crippen molar-refractivity contribution in [2.24, 2.45) is 0 Å². The molecule has 0 aliphatic heterocycles. The lowest BCUT2D eigenvalue weighted by molar-refractivity contribution is 0.314. The Morgan fingerprint density at radius 3 is 1.52 bits per heavy atom. The van der Waals surface area contributed by atoms with Gasteiger partial charge in [0.2, 0.25) is 23.0 Å². The van der Waals surface area contributed by atoms with Gasteiger partial charge in [-0.3, -0.25) is 0 Å². The van der Waals surface area contributed by atoms with E-state index >= 15 is 0 Å². The van der Waals surface area contributed by atoms with Gasteiger partial charge in [0.25, 0.3) is 0 Å². The molecular formula is C18H23BrO8. The number of phenolic OH excluding ortho intramolecular Hbond substituents is 4. The van der Waals surface area contributed by atoms with Crippen molar-refractivity contribution in [3.8, 4) is 46.0 Å². The first-order chi connectivity index (χ1) is 12.7. The Balaban J connectivity index is 0.000000271. The molecule has 0 aliphatic carbocycles. The Morgan fingerprint density at radius 2 is 1.07 bits per heavy atom. The number of methoxy groups -OCH3 is 4. The molecule has 0 radical (unpaired) electrons. The minimum absolute atomic E-state index is 0.0165. The summed E-state index contributed by atoms with van der Waals surface area (Å²) in [5.41, 5.74) is 1.04. The third-order valence-electron chi connectivity index (χ3n) is 3.73. The van der Waals surface area contributed by atoms with Gasteiger partial charge in [-0.1, -0.05) is 0 Å². The molecule has 0 fully saturated rings. The second kappa shape index (κ2) is 9.31. The SMILES string of the molecule is COc1c(O)c(C)c(Br)c(O)c1OC.COc1c(O)cc(C)c(O)c1OC. The fourth-order valence-electron chi connectivity index (χ4n) is 2.27. The van der Waals surface area contributed by atoms with Crippen LogP contribution in [-0.2, 0) is 0 Å². The van der Waals surface area contributed by atoms with Crippen LogP contribution in [0.5, 0.6) is 46.0 Å². The van der Waals surface area contributed by atoms with Crippen molar-refractivity contribution in [3.05, 3.63) is 21.7 Å². The number of aryl methyl sites for hydroxylation is 1. The van der Waals surface area contributed by atoms with Gasteiger partial charge in [-0.25, -0.2) is 0 Å². The van der Waals surface area contributed by atoms with E-state index in [0.717, 1.165) is 0 Å². The lowest BCUT2D eigenvalue weighted by Crippen LogP contribution is -1.94. The number of rotatable bonds is 4. The second-order valence-corrected chi connectivity index (χ2v) is 6.12. The predicted octanol–water partition coefficient (Wildman–Crippen LogP) is 3.61. The molecule has 4 N–H and O–H groups in total. The molecule has 0 spiro atoms. The molecule has 2 rings (SSSR count). The van der Waals surface area contributed by atoms with Crippen LogP contribution in [0.3, 0.4) is 0 Å². The Hall–Kier alpha value is -2.68. The summed E-state index contributed by atoms with van der Waals surface area (Å²) in [4.78, 5) is 0. The average molecular weight is 447 g/mol. The molecule has 8 nitrogen and oxygen atoms in total. The van der Waals surface area contributed by atoms with Gasteiger partial charge in [0, 0.05) is 5.56 Å². The molecule has 0 unspecified atom stereocenters. The van der Waals surface area contributed by atoms with Gasteiger partial charge in [0.1, 0.15) is 0 Å². The summed E-state index contributed by atoms with van der Waals surface area (Å²) < 4.78 is 20.0. The topological polar surface area (TPSA) is 118 Å². The lowest BCUT2D eigenvalue weighted by Gasteiger charge is -2.14. The maximum atomic E-state index is 9.67. The van der Waals surface area contributed by atoms with Crippen molar-refractivity contribution in [1.82, 2.24) is 0 Å². The van der Waals surface area contributed by atoms with Gasteiger partial charge in [-0.05, 0) is 41.4 Å². The summed E-state index contributed by atoms with van der Waals surface area (Å²) in [7, 11) is 5.58. The number of hydrogen-bond donors (Lipinski definition) is 4. The number of benzene rings is 2. The summed E-state index contributed by atoms with van der Waals surface area (Å²) in [6.07, 6.45) is 0. The van der Waals surface area contributed by atoms with E-state index in [2.05, 4.69) is 15.9 Å². The van der Waals surface area contributed by atoms with E-state index in [4.69, 9.17) is 18.9 Å². The van der Waals surface area contributed by atoms with Crippen molar-refractivity contribution in [2.75, 3.05) is 28.4 Å². The van der Waals surface area contributed by atoms with E-state index in [1.807, 2.05) is 0 Å². The monoisotopic (exact) mass is 446 g/mol. The molecule has 0 heterocycles. The van der Waals surface area contributed by atoms with Gasteiger partial charge < -0.3 is 39.4 Å². The van der Waals surface area contributed by atoms with Crippen molar-refractivity contribution >= 4 is 15.9 Å². The first-order valence-corrected chi connectivity index (χ1v) is 8.40. The van der Waals surface area contributed by atoms with Crippen LogP contribution in [0.15, 0.2) is 10.5 Å². The Labute approximate surface area is 165 Å². The number of hydrogen-bond acceptors (Lipinski definition) is 8. The van der Waals surface area contributed by atoms with Crippen molar-refractivity contribution in [1.29, 1.82) is 0 Å². The molecule has 2 aromatic carbocycles. The van der Waals surface area contributed by atoms with Crippen LogP contribution in [0.2, 0.25) is 0 Å².